The Kier molecular flexibility index (Phi) is 3.34. The third-order valence-electron chi connectivity index (χ3n) is 1.16. The van der Waals surface area contributed by atoms with Crippen LogP contribution in [-0.2, 0) is 5.75 Å². The molecule has 66 valence electrons. The Morgan fingerprint density at radius 3 is 2.83 bits per heavy atom. The highest BCUT2D eigenvalue weighted by atomic mass is 32.2. The van der Waals surface area contributed by atoms with E-state index in [9.17, 15) is 0 Å². The van der Waals surface area contributed by atoms with Gasteiger partial charge in [-0.2, -0.15) is 11.8 Å². The van der Waals surface area contributed by atoms with Gasteiger partial charge in [-0.25, -0.2) is 0 Å². The predicted octanol–water partition coefficient (Wildman–Crippen LogP) is 2.36. The first-order valence-corrected chi connectivity index (χ1v) is 5.08. The summed E-state index contributed by atoms with van der Waals surface area (Å²) in [7, 11) is 0. The normalized spacial score (nSPS) is 9.92. The Bertz CT molecular complexity index is 276. The van der Waals surface area contributed by atoms with Gasteiger partial charge in [0.2, 0.25) is 11.8 Å². The molecule has 1 aromatic heterocycles. The maximum absolute atomic E-state index is 5.32. The molecule has 0 aliphatic carbocycles. The van der Waals surface area contributed by atoms with Crippen LogP contribution in [0.3, 0.4) is 0 Å². The molecule has 0 aromatic carbocycles. The number of hydrogen-bond acceptors (Lipinski definition) is 4. The minimum Gasteiger partial charge on any atom is -0.420 e. The van der Waals surface area contributed by atoms with Crippen molar-refractivity contribution in [2.45, 2.75) is 19.6 Å². The minimum absolute atomic E-state index is 0.596. The van der Waals surface area contributed by atoms with Crippen LogP contribution in [0.5, 0.6) is 0 Å². The van der Waals surface area contributed by atoms with Crippen molar-refractivity contribution < 1.29 is 4.42 Å². The summed E-state index contributed by atoms with van der Waals surface area (Å²) >= 11 is 1.67. The SMILES string of the molecule is CSCc1nnc(C=C(C)C)o1. The van der Waals surface area contributed by atoms with E-state index in [0.29, 0.717) is 11.8 Å². The second-order valence-corrected chi connectivity index (χ2v) is 3.55. The third kappa shape index (κ3) is 2.70. The molecule has 0 aliphatic heterocycles. The highest BCUT2D eigenvalue weighted by molar-refractivity contribution is 7.97. The molecule has 0 fully saturated rings. The van der Waals surface area contributed by atoms with Crippen molar-refractivity contribution in [3.8, 4) is 0 Å². The molecule has 0 bridgehead atoms. The van der Waals surface area contributed by atoms with Crippen LogP contribution in [0.2, 0.25) is 0 Å². The molecule has 0 unspecified atom stereocenters. The molecule has 0 spiro atoms. The zero-order valence-electron chi connectivity index (χ0n) is 7.50. The summed E-state index contributed by atoms with van der Waals surface area (Å²) in [6.45, 7) is 4.00. The van der Waals surface area contributed by atoms with E-state index in [1.54, 1.807) is 11.8 Å². The molecule has 1 rings (SSSR count). The van der Waals surface area contributed by atoms with Gasteiger partial charge in [0, 0.05) is 6.08 Å². The van der Waals surface area contributed by atoms with Crippen LogP contribution in [0.1, 0.15) is 25.6 Å². The zero-order valence-corrected chi connectivity index (χ0v) is 8.31. The topological polar surface area (TPSA) is 38.9 Å². The zero-order chi connectivity index (χ0) is 8.97. The van der Waals surface area contributed by atoms with Gasteiger partial charge in [-0.15, -0.1) is 10.2 Å². The van der Waals surface area contributed by atoms with Crippen LogP contribution in [0.15, 0.2) is 9.99 Å². The van der Waals surface area contributed by atoms with E-state index in [1.807, 2.05) is 26.2 Å². The molecule has 0 aliphatic rings. The molecular weight excluding hydrogens is 172 g/mol. The maximum atomic E-state index is 5.32. The average Bonchev–Trinajstić information content (AvgIpc) is 2.36. The fourth-order valence-electron chi connectivity index (χ4n) is 0.754. The lowest BCUT2D eigenvalue weighted by atomic mass is 10.3. The molecule has 1 aromatic rings. The molecule has 1 heterocycles. The lowest BCUT2D eigenvalue weighted by Gasteiger charge is -1.86. The molecule has 0 radical (unpaired) electrons. The number of nitrogens with zero attached hydrogens (tertiary/aromatic N) is 2. The molecule has 0 saturated heterocycles. The molecule has 0 N–H and O–H groups in total. The highest BCUT2D eigenvalue weighted by Gasteiger charge is 2.01. The summed E-state index contributed by atoms with van der Waals surface area (Å²) in [5.74, 6) is 2.07. The van der Waals surface area contributed by atoms with Gasteiger partial charge < -0.3 is 4.42 Å². The summed E-state index contributed by atoms with van der Waals surface area (Å²) in [5.41, 5.74) is 1.16. The number of rotatable bonds is 3. The lowest BCUT2D eigenvalue weighted by Crippen LogP contribution is -1.77. The lowest BCUT2D eigenvalue weighted by molar-refractivity contribution is 0.505. The Labute approximate surface area is 76.3 Å². The van der Waals surface area contributed by atoms with Crippen molar-refractivity contribution in [2.24, 2.45) is 0 Å². The molecule has 4 heteroatoms. The number of aromatic nitrogens is 2. The third-order valence-corrected chi connectivity index (χ3v) is 1.70. The van der Waals surface area contributed by atoms with Gasteiger partial charge in [0.25, 0.3) is 0 Å². The van der Waals surface area contributed by atoms with Crippen LogP contribution >= 0.6 is 11.8 Å². The smallest absolute Gasteiger partial charge is 0.240 e. The van der Waals surface area contributed by atoms with Gasteiger partial charge in [0.05, 0.1) is 5.75 Å². The first-order valence-electron chi connectivity index (χ1n) is 3.68. The van der Waals surface area contributed by atoms with Crippen molar-refractivity contribution in [1.29, 1.82) is 0 Å². The van der Waals surface area contributed by atoms with Gasteiger partial charge in [0.1, 0.15) is 0 Å². The van der Waals surface area contributed by atoms with Crippen molar-refractivity contribution in [1.82, 2.24) is 10.2 Å². The van der Waals surface area contributed by atoms with E-state index < -0.39 is 0 Å². The Balaban J connectivity index is 2.71. The number of hydrogen-bond donors (Lipinski definition) is 0. The van der Waals surface area contributed by atoms with E-state index in [0.717, 1.165) is 11.3 Å². The molecule has 0 atom stereocenters. The largest absolute Gasteiger partial charge is 0.420 e. The van der Waals surface area contributed by atoms with E-state index in [4.69, 9.17) is 4.42 Å². The summed E-state index contributed by atoms with van der Waals surface area (Å²) in [5, 5.41) is 7.75. The standard InChI is InChI=1S/C8H12N2OS/c1-6(2)4-7-9-10-8(11-7)5-12-3/h4H,5H2,1-3H3. The second-order valence-electron chi connectivity index (χ2n) is 2.69. The Hall–Kier alpha value is -0.770. The van der Waals surface area contributed by atoms with Gasteiger partial charge >= 0.3 is 0 Å². The van der Waals surface area contributed by atoms with Crippen LogP contribution in [0.4, 0.5) is 0 Å². The van der Waals surface area contributed by atoms with Gasteiger partial charge in [-0.3, -0.25) is 0 Å². The number of allylic oxidation sites excluding steroid dienone is 1. The minimum atomic E-state index is 0.596. The molecular formula is C8H12N2OS. The molecule has 12 heavy (non-hydrogen) atoms. The van der Waals surface area contributed by atoms with Crippen molar-refractivity contribution in [3.05, 3.63) is 17.4 Å². The number of thioether (sulfide) groups is 1. The van der Waals surface area contributed by atoms with Crippen molar-refractivity contribution >= 4 is 17.8 Å². The van der Waals surface area contributed by atoms with Crippen LogP contribution < -0.4 is 0 Å². The Morgan fingerprint density at radius 1 is 1.50 bits per heavy atom. The van der Waals surface area contributed by atoms with Gasteiger partial charge in [0.15, 0.2) is 0 Å². The summed E-state index contributed by atoms with van der Waals surface area (Å²) < 4.78 is 5.32. The molecule has 0 amide bonds. The fourth-order valence-corrected chi connectivity index (χ4v) is 1.12. The Morgan fingerprint density at radius 2 is 2.25 bits per heavy atom. The van der Waals surface area contributed by atoms with Gasteiger partial charge in [-0.05, 0) is 20.1 Å². The molecule has 3 nitrogen and oxygen atoms in total. The maximum Gasteiger partial charge on any atom is 0.240 e. The highest BCUT2D eigenvalue weighted by Crippen LogP contribution is 2.09. The summed E-state index contributed by atoms with van der Waals surface area (Å²) in [6, 6.07) is 0. The molecule has 0 saturated carbocycles. The quantitative estimate of drug-likeness (QED) is 0.722. The average molecular weight is 184 g/mol. The van der Waals surface area contributed by atoms with Crippen LogP contribution in [-0.4, -0.2) is 16.5 Å². The van der Waals surface area contributed by atoms with Crippen LogP contribution in [0, 0.1) is 0 Å². The summed E-state index contributed by atoms with van der Waals surface area (Å²) in [4.78, 5) is 0. The summed E-state index contributed by atoms with van der Waals surface area (Å²) in [6.07, 6.45) is 3.88. The second kappa shape index (κ2) is 4.30. The van der Waals surface area contributed by atoms with E-state index >= 15 is 0 Å². The monoisotopic (exact) mass is 184 g/mol. The first-order chi connectivity index (χ1) is 5.72. The predicted molar refractivity (Wildman–Crippen MR) is 50.8 cm³/mol. The van der Waals surface area contributed by atoms with E-state index in [-0.39, 0.29) is 0 Å². The van der Waals surface area contributed by atoms with Gasteiger partial charge in [-0.1, -0.05) is 5.57 Å². The van der Waals surface area contributed by atoms with Crippen LogP contribution in [0.25, 0.3) is 6.08 Å². The van der Waals surface area contributed by atoms with Crippen molar-refractivity contribution in [2.75, 3.05) is 6.26 Å². The van der Waals surface area contributed by atoms with Crippen molar-refractivity contribution in [3.63, 3.8) is 0 Å². The first kappa shape index (κ1) is 9.32. The van der Waals surface area contributed by atoms with E-state index in [1.165, 1.54) is 0 Å². The fraction of sp³-hybridized carbons (Fsp3) is 0.500. The van der Waals surface area contributed by atoms with E-state index in [2.05, 4.69) is 10.2 Å².